The zero-order chi connectivity index (χ0) is 14.1. The molecule has 0 unspecified atom stereocenters. The molecule has 1 aliphatic carbocycles. The van der Waals surface area contributed by atoms with Gasteiger partial charge in [-0.3, -0.25) is 4.79 Å². The Morgan fingerprint density at radius 2 is 1.80 bits per heavy atom. The summed E-state index contributed by atoms with van der Waals surface area (Å²) in [5, 5.41) is 0. The van der Waals surface area contributed by atoms with Gasteiger partial charge in [0.1, 0.15) is 0 Å². The number of rotatable bonds is 2. The van der Waals surface area contributed by atoms with Crippen LogP contribution in [0.2, 0.25) is 0 Å². The maximum Gasteiger partial charge on any atom is 0.276 e. The maximum atomic E-state index is 12.4. The monoisotopic (exact) mass is 268 g/mol. The maximum absolute atomic E-state index is 12.4. The van der Waals surface area contributed by atoms with E-state index >= 15 is 0 Å². The number of likely N-dealkylation sites (N-methyl/N-ethyl adjacent to an activating group) is 1. The van der Waals surface area contributed by atoms with Gasteiger partial charge < -0.3 is 10.6 Å². The number of carbonyl (C=O) groups excluding carboxylic acids is 1. The number of hydrogen-bond donors (Lipinski definition) is 1. The fourth-order valence-electron chi connectivity index (χ4n) is 2.66. The van der Waals surface area contributed by atoms with E-state index < -0.39 is 0 Å². The number of fused-ring (bicyclic) bond motifs is 1. The molecule has 2 aromatic rings. The number of hydrogen-bond acceptors (Lipinski definition) is 4. The first-order valence-electron chi connectivity index (χ1n) is 6.57. The lowest BCUT2D eigenvalue weighted by molar-refractivity contribution is 0.0732. The van der Waals surface area contributed by atoms with Gasteiger partial charge >= 0.3 is 0 Å². The van der Waals surface area contributed by atoms with E-state index in [4.69, 9.17) is 5.73 Å². The van der Waals surface area contributed by atoms with E-state index in [1.807, 2.05) is 12.1 Å². The number of anilines is 1. The fraction of sp³-hybridized carbons (Fsp3) is 0.267. The first-order chi connectivity index (χ1) is 9.66. The first-order valence-corrected chi connectivity index (χ1v) is 6.57. The van der Waals surface area contributed by atoms with Crippen LogP contribution in [0, 0.1) is 0 Å². The molecule has 5 nitrogen and oxygen atoms in total. The summed E-state index contributed by atoms with van der Waals surface area (Å²) in [5.41, 5.74) is 8.57. The SMILES string of the molecule is CN(C(=O)c1nccnc1N)C1Cc2ccccc2C1. The summed E-state index contributed by atoms with van der Waals surface area (Å²) >= 11 is 0. The van der Waals surface area contributed by atoms with Crippen molar-refractivity contribution in [2.24, 2.45) is 0 Å². The molecule has 20 heavy (non-hydrogen) atoms. The number of nitrogens with two attached hydrogens (primary N) is 1. The second-order valence-electron chi connectivity index (χ2n) is 5.04. The highest BCUT2D eigenvalue weighted by molar-refractivity contribution is 5.96. The summed E-state index contributed by atoms with van der Waals surface area (Å²) in [6, 6.07) is 8.45. The largest absolute Gasteiger partial charge is 0.382 e. The molecule has 0 fully saturated rings. The van der Waals surface area contributed by atoms with E-state index in [0.717, 1.165) is 12.8 Å². The second kappa shape index (κ2) is 4.92. The van der Waals surface area contributed by atoms with Crippen LogP contribution in [0.15, 0.2) is 36.7 Å². The Bertz CT molecular complexity index is 631. The molecule has 0 saturated carbocycles. The first kappa shape index (κ1) is 12.6. The Hall–Kier alpha value is -2.43. The summed E-state index contributed by atoms with van der Waals surface area (Å²) in [4.78, 5) is 22.1. The van der Waals surface area contributed by atoms with Gasteiger partial charge in [-0.1, -0.05) is 24.3 Å². The fourth-order valence-corrected chi connectivity index (χ4v) is 2.66. The van der Waals surface area contributed by atoms with Crippen LogP contribution in [0.1, 0.15) is 21.6 Å². The summed E-state index contributed by atoms with van der Waals surface area (Å²) in [5.74, 6) is 0.00765. The molecule has 1 aliphatic rings. The predicted octanol–water partition coefficient (Wildman–Crippen LogP) is 1.30. The van der Waals surface area contributed by atoms with E-state index in [1.165, 1.54) is 23.5 Å². The molecule has 1 aromatic heterocycles. The average molecular weight is 268 g/mol. The van der Waals surface area contributed by atoms with Gasteiger partial charge in [-0.25, -0.2) is 9.97 Å². The van der Waals surface area contributed by atoms with Crippen molar-refractivity contribution in [1.82, 2.24) is 14.9 Å². The van der Waals surface area contributed by atoms with Gasteiger partial charge in [0.15, 0.2) is 11.5 Å². The Kier molecular flexibility index (Phi) is 3.10. The van der Waals surface area contributed by atoms with Gasteiger partial charge in [-0.05, 0) is 24.0 Å². The minimum Gasteiger partial charge on any atom is -0.382 e. The number of nitrogen functional groups attached to an aromatic ring is 1. The second-order valence-corrected chi connectivity index (χ2v) is 5.04. The van der Waals surface area contributed by atoms with Crippen molar-refractivity contribution in [3.05, 3.63) is 53.5 Å². The molecular weight excluding hydrogens is 252 g/mol. The van der Waals surface area contributed by atoms with Crippen LogP contribution < -0.4 is 5.73 Å². The van der Waals surface area contributed by atoms with Gasteiger partial charge in [0.25, 0.3) is 5.91 Å². The van der Waals surface area contributed by atoms with E-state index in [2.05, 4.69) is 22.1 Å². The molecule has 0 bridgehead atoms. The molecule has 0 aliphatic heterocycles. The standard InChI is InChI=1S/C15H16N4O/c1-19(15(20)13-14(16)18-7-6-17-13)12-8-10-4-2-3-5-11(10)9-12/h2-7,12H,8-9H2,1H3,(H2,16,18). The lowest BCUT2D eigenvalue weighted by Gasteiger charge is -2.24. The highest BCUT2D eigenvalue weighted by Gasteiger charge is 2.29. The van der Waals surface area contributed by atoms with Crippen molar-refractivity contribution in [3.63, 3.8) is 0 Å². The molecule has 0 radical (unpaired) electrons. The lowest BCUT2D eigenvalue weighted by Crippen LogP contribution is -2.38. The van der Waals surface area contributed by atoms with Crippen molar-refractivity contribution >= 4 is 11.7 Å². The molecule has 0 atom stereocenters. The Balaban J connectivity index is 1.80. The van der Waals surface area contributed by atoms with Crippen molar-refractivity contribution in [1.29, 1.82) is 0 Å². The van der Waals surface area contributed by atoms with Crippen molar-refractivity contribution < 1.29 is 4.79 Å². The molecule has 102 valence electrons. The van der Waals surface area contributed by atoms with E-state index in [1.54, 1.807) is 11.9 Å². The molecule has 3 rings (SSSR count). The zero-order valence-electron chi connectivity index (χ0n) is 11.3. The number of carbonyl (C=O) groups is 1. The third-order valence-electron chi connectivity index (χ3n) is 3.83. The molecule has 1 aromatic carbocycles. The van der Waals surface area contributed by atoms with Crippen LogP contribution in [0.25, 0.3) is 0 Å². The summed E-state index contributed by atoms with van der Waals surface area (Å²) in [6.45, 7) is 0. The van der Waals surface area contributed by atoms with E-state index in [9.17, 15) is 4.79 Å². The zero-order valence-corrected chi connectivity index (χ0v) is 11.3. The number of nitrogens with zero attached hydrogens (tertiary/aromatic N) is 3. The Labute approximate surface area is 117 Å². The van der Waals surface area contributed by atoms with Crippen LogP contribution in [0.5, 0.6) is 0 Å². The molecule has 1 heterocycles. The topological polar surface area (TPSA) is 72.1 Å². The highest BCUT2D eigenvalue weighted by atomic mass is 16.2. The van der Waals surface area contributed by atoms with Crippen LogP contribution in [-0.4, -0.2) is 33.9 Å². The van der Waals surface area contributed by atoms with E-state index in [-0.39, 0.29) is 23.5 Å². The smallest absolute Gasteiger partial charge is 0.276 e. The Morgan fingerprint density at radius 1 is 1.20 bits per heavy atom. The normalized spacial score (nSPS) is 14.1. The van der Waals surface area contributed by atoms with E-state index in [0.29, 0.717) is 0 Å². The minimum absolute atomic E-state index is 0.154. The molecule has 5 heteroatoms. The average Bonchev–Trinajstić information content (AvgIpc) is 2.90. The molecule has 2 N–H and O–H groups in total. The van der Waals surface area contributed by atoms with Gasteiger partial charge in [0, 0.05) is 25.5 Å². The van der Waals surface area contributed by atoms with Crippen molar-refractivity contribution in [2.45, 2.75) is 18.9 Å². The molecule has 1 amide bonds. The minimum atomic E-state index is -0.173. The van der Waals surface area contributed by atoms with Crippen molar-refractivity contribution in [3.8, 4) is 0 Å². The summed E-state index contributed by atoms with van der Waals surface area (Å²) < 4.78 is 0. The highest BCUT2D eigenvalue weighted by Crippen LogP contribution is 2.25. The molecular formula is C15H16N4O. The van der Waals surface area contributed by atoms with Gasteiger partial charge in [0.05, 0.1) is 0 Å². The molecule has 0 saturated heterocycles. The predicted molar refractivity (Wildman–Crippen MR) is 76.2 cm³/mol. The number of benzene rings is 1. The summed E-state index contributed by atoms with van der Waals surface area (Å²) in [6.07, 6.45) is 4.72. The third-order valence-corrected chi connectivity index (χ3v) is 3.83. The van der Waals surface area contributed by atoms with Crippen LogP contribution >= 0.6 is 0 Å². The third kappa shape index (κ3) is 2.11. The van der Waals surface area contributed by atoms with Crippen LogP contribution in [0.4, 0.5) is 5.82 Å². The number of amides is 1. The van der Waals surface area contributed by atoms with Crippen LogP contribution in [-0.2, 0) is 12.8 Å². The van der Waals surface area contributed by atoms with Crippen molar-refractivity contribution in [2.75, 3.05) is 12.8 Å². The quantitative estimate of drug-likeness (QED) is 0.891. The van der Waals surface area contributed by atoms with Gasteiger partial charge in [0.2, 0.25) is 0 Å². The summed E-state index contributed by atoms with van der Waals surface area (Å²) in [7, 11) is 1.80. The molecule has 0 spiro atoms. The Morgan fingerprint density at radius 3 is 2.40 bits per heavy atom. The lowest BCUT2D eigenvalue weighted by atomic mass is 10.1. The number of aromatic nitrogens is 2. The van der Waals surface area contributed by atoms with Gasteiger partial charge in [-0.2, -0.15) is 0 Å². The van der Waals surface area contributed by atoms with Gasteiger partial charge in [-0.15, -0.1) is 0 Å². The van der Waals surface area contributed by atoms with Crippen LogP contribution in [0.3, 0.4) is 0 Å².